The van der Waals surface area contributed by atoms with Crippen LogP contribution < -0.4 is 10.1 Å². The van der Waals surface area contributed by atoms with E-state index < -0.39 is 0 Å². The van der Waals surface area contributed by atoms with Crippen LogP contribution >= 0.6 is 0 Å². The first-order chi connectivity index (χ1) is 11.7. The third-order valence-electron chi connectivity index (χ3n) is 3.25. The summed E-state index contributed by atoms with van der Waals surface area (Å²) < 4.78 is 10.9. The number of hydrogen-bond acceptors (Lipinski definition) is 4. The summed E-state index contributed by atoms with van der Waals surface area (Å²) in [6.45, 7) is 1.92. The molecule has 0 unspecified atom stereocenters. The summed E-state index contributed by atoms with van der Waals surface area (Å²) in [6.07, 6.45) is 7.93. The first-order valence-corrected chi connectivity index (χ1v) is 7.42. The van der Waals surface area contributed by atoms with Gasteiger partial charge < -0.3 is 14.5 Å². The topological polar surface area (TPSA) is 64.4 Å². The van der Waals surface area contributed by atoms with Crippen molar-refractivity contribution in [3.63, 3.8) is 0 Å². The Morgan fingerprint density at radius 2 is 2.17 bits per heavy atom. The molecule has 0 aliphatic heterocycles. The maximum absolute atomic E-state index is 11.9. The number of carbonyl (C=O) groups is 1. The zero-order chi connectivity index (χ0) is 16.8. The molecule has 5 heteroatoms. The van der Waals surface area contributed by atoms with Gasteiger partial charge in [-0.25, -0.2) is 0 Å². The van der Waals surface area contributed by atoms with E-state index in [1.807, 2.05) is 31.2 Å². The quantitative estimate of drug-likeness (QED) is 0.706. The molecule has 1 aromatic carbocycles. The van der Waals surface area contributed by atoms with Crippen LogP contribution in [0, 0.1) is 6.92 Å². The lowest BCUT2D eigenvalue weighted by Crippen LogP contribution is -2.07. The van der Waals surface area contributed by atoms with E-state index in [2.05, 4.69) is 10.3 Å². The third-order valence-corrected chi connectivity index (χ3v) is 3.25. The highest BCUT2D eigenvalue weighted by Gasteiger charge is 2.05. The second-order valence-electron chi connectivity index (χ2n) is 5.11. The Kier molecular flexibility index (Phi) is 4.72. The second kappa shape index (κ2) is 7.28. The van der Waals surface area contributed by atoms with E-state index in [1.165, 1.54) is 6.08 Å². The normalized spacial score (nSPS) is 10.7. The van der Waals surface area contributed by atoms with Crippen molar-refractivity contribution in [2.75, 3.05) is 5.32 Å². The van der Waals surface area contributed by atoms with Gasteiger partial charge in [-0.1, -0.05) is 0 Å². The third kappa shape index (κ3) is 4.10. The minimum atomic E-state index is -0.230. The van der Waals surface area contributed by atoms with Crippen molar-refractivity contribution in [1.82, 2.24) is 4.98 Å². The standard InChI is InChI=1S/C19H16N2O3/c1-14-12-15(21-19(22)9-7-16-5-3-11-23-16)6-8-18(14)24-17-4-2-10-20-13-17/h2-13H,1H3,(H,21,22)/b9-7+. The number of ether oxygens (including phenoxy) is 1. The fourth-order valence-electron chi connectivity index (χ4n) is 2.10. The van der Waals surface area contributed by atoms with Gasteiger partial charge in [0.05, 0.1) is 12.5 Å². The lowest BCUT2D eigenvalue weighted by Gasteiger charge is -2.10. The summed E-state index contributed by atoms with van der Waals surface area (Å²) in [5, 5.41) is 2.80. The first-order valence-electron chi connectivity index (χ1n) is 7.42. The minimum absolute atomic E-state index is 0.230. The van der Waals surface area contributed by atoms with E-state index in [4.69, 9.17) is 9.15 Å². The average Bonchev–Trinajstić information content (AvgIpc) is 3.10. The SMILES string of the molecule is Cc1cc(NC(=O)/C=C/c2ccco2)ccc1Oc1cccnc1. The predicted octanol–water partition coefficient (Wildman–Crippen LogP) is 4.43. The molecule has 0 radical (unpaired) electrons. The van der Waals surface area contributed by atoms with Gasteiger partial charge >= 0.3 is 0 Å². The van der Waals surface area contributed by atoms with Crippen molar-refractivity contribution in [1.29, 1.82) is 0 Å². The molecule has 24 heavy (non-hydrogen) atoms. The van der Waals surface area contributed by atoms with Crippen LogP contribution in [0.3, 0.4) is 0 Å². The number of nitrogens with zero attached hydrogens (tertiary/aromatic N) is 1. The maximum atomic E-state index is 11.9. The van der Waals surface area contributed by atoms with E-state index in [-0.39, 0.29) is 5.91 Å². The van der Waals surface area contributed by atoms with E-state index in [0.29, 0.717) is 22.9 Å². The molecule has 2 heterocycles. The number of aromatic nitrogens is 1. The number of furan rings is 1. The van der Waals surface area contributed by atoms with Crippen molar-refractivity contribution < 1.29 is 13.9 Å². The summed E-state index contributed by atoms with van der Waals surface area (Å²) in [6, 6.07) is 12.6. The molecule has 5 nitrogen and oxygen atoms in total. The lowest BCUT2D eigenvalue weighted by atomic mass is 10.2. The molecule has 0 fully saturated rings. The molecule has 0 aliphatic rings. The number of amides is 1. The molecule has 0 saturated carbocycles. The molecule has 1 N–H and O–H groups in total. The minimum Gasteiger partial charge on any atom is -0.465 e. The van der Waals surface area contributed by atoms with Crippen LogP contribution in [-0.4, -0.2) is 10.9 Å². The molecule has 1 amide bonds. The van der Waals surface area contributed by atoms with Gasteiger partial charge in [0.2, 0.25) is 5.91 Å². The summed E-state index contributed by atoms with van der Waals surface area (Å²) in [4.78, 5) is 15.9. The zero-order valence-electron chi connectivity index (χ0n) is 13.1. The number of anilines is 1. The van der Waals surface area contributed by atoms with Crippen LogP contribution in [0.4, 0.5) is 5.69 Å². The van der Waals surface area contributed by atoms with Crippen LogP contribution in [0.1, 0.15) is 11.3 Å². The van der Waals surface area contributed by atoms with Crippen LogP contribution in [0.25, 0.3) is 6.08 Å². The number of nitrogens with one attached hydrogen (secondary N) is 1. The largest absolute Gasteiger partial charge is 0.465 e. The van der Waals surface area contributed by atoms with E-state index in [9.17, 15) is 4.79 Å². The Balaban J connectivity index is 1.65. The average molecular weight is 320 g/mol. The van der Waals surface area contributed by atoms with Gasteiger partial charge in [0.25, 0.3) is 0 Å². The molecular formula is C19H16N2O3. The molecule has 0 aliphatic carbocycles. The van der Waals surface area contributed by atoms with Crippen LogP contribution in [-0.2, 0) is 4.79 Å². The highest BCUT2D eigenvalue weighted by molar-refractivity contribution is 6.01. The van der Waals surface area contributed by atoms with Gasteiger partial charge in [-0.05, 0) is 61.0 Å². The highest BCUT2D eigenvalue weighted by atomic mass is 16.5. The molecule has 3 aromatic rings. The maximum Gasteiger partial charge on any atom is 0.248 e. The Hall–Kier alpha value is -3.34. The summed E-state index contributed by atoms with van der Waals surface area (Å²) in [5.41, 5.74) is 1.60. The monoisotopic (exact) mass is 320 g/mol. The van der Waals surface area contributed by atoms with Gasteiger partial charge in [-0.3, -0.25) is 9.78 Å². The predicted molar refractivity (Wildman–Crippen MR) is 91.9 cm³/mol. The Labute approximate surface area is 139 Å². The molecule has 120 valence electrons. The molecule has 3 rings (SSSR count). The van der Waals surface area contributed by atoms with Crippen molar-refractivity contribution in [3.05, 3.63) is 78.5 Å². The molecule has 0 saturated heterocycles. The van der Waals surface area contributed by atoms with Crippen LogP contribution in [0.5, 0.6) is 11.5 Å². The molecule has 2 aromatic heterocycles. The molecule has 0 bridgehead atoms. The molecule has 0 spiro atoms. The van der Waals surface area contributed by atoms with E-state index in [1.54, 1.807) is 42.9 Å². The van der Waals surface area contributed by atoms with Crippen LogP contribution in [0.2, 0.25) is 0 Å². The highest BCUT2D eigenvalue weighted by Crippen LogP contribution is 2.26. The van der Waals surface area contributed by atoms with E-state index in [0.717, 1.165) is 5.56 Å². The lowest BCUT2D eigenvalue weighted by molar-refractivity contribution is -0.111. The number of pyridine rings is 1. The number of hydrogen-bond donors (Lipinski definition) is 1. The number of benzene rings is 1. The Bertz CT molecular complexity index is 840. The van der Waals surface area contributed by atoms with Gasteiger partial charge in [0.15, 0.2) is 0 Å². The van der Waals surface area contributed by atoms with E-state index >= 15 is 0 Å². The number of rotatable bonds is 5. The number of carbonyl (C=O) groups excluding carboxylic acids is 1. The Morgan fingerprint density at radius 3 is 2.88 bits per heavy atom. The summed E-state index contributed by atoms with van der Waals surface area (Å²) in [5.74, 6) is 1.78. The van der Waals surface area contributed by atoms with Gasteiger partial charge in [-0.2, -0.15) is 0 Å². The van der Waals surface area contributed by atoms with Gasteiger partial charge in [-0.15, -0.1) is 0 Å². The van der Waals surface area contributed by atoms with Gasteiger partial charge in [0, 0.05) is 18.0 Å². The summed E-state index contributed by atoms with van der Waals surface area (Å²) in [7, 11) is 0. The molecular weight excluding hydrogens is 304 g/mol. The van der Waals surface area contributed by atoms with Gasteiger partial charge in [0.1, 0.15) is 17.3 Å². The van der Waals surface area contributed by atoms with Crippen molar-refractivity contribution >= 4 is 17.7 Å². The second-order valence-corrected chi connectivity index (χ2v) is 5.11. The summed E-state index contributed by atoms with van der Waals surface area (Å²) >= 11 is 0. The van der Waals surface area contributed by atoms with Crippen molar-refractivity contribution in [2.45, 2.75) is 6.92 Å². The van der Waals surface area contributed by atoms with Crippen molar-refractivity contribution in [2.24, 2.45) is 0 Å². The number of aryl methyl sites for hydroxylation is 1. The van der Waals surface area contributed by atoms with Crippen molar-refractivity contribution in [3.8, 4) is 11.5 Å². The zero-order valence-corrected chi connectivity index (χ0v) is 13.1. The fourth-order valence-corrected chi connectivity index (χ4v) is 2.10. The Morgan fingerprint density at radius 1 is 1.25 bits per heavy atom. The van der Waals surface area contributed by atoms with Crippen LogP contribution in [0.15, 0.2) is 71.6 Å². The smallest absolute Gasteiger partial charge is 0.248 e. The first kappa shape index (κ1) is 15.6. The fraction of sp³-hybridized carbons (Fsp3) is 0.0526. The molecule has 0 atom stereocenters.